The van der Waals surface area contributed by atoms with Gasteiger partial charge in [-0.25, -0.2) is 17.6 Å². The molecule has 3 nitrogen and oxygen atoms in total. The van der Waals surface area contributed by atoms with E-state index in [4.69, 9.17) is 4.74 Å². The van der Waals surface area contributed by atoms with Crippen LogP contribution in [-0.4, -0.2) is 12.8 Å². The van der Waals surface area contributed by atoms with Crippen molar-refractivity contribution in [3.8, 4) is 5.75 Å². The summed E-state index contributed by atoms with van der Waals surface area (Å²) < 4.78 is 58.6. The molecule has 0 spiro atoms. The summed E-state index contributed by atoms with van der Waals surface area (Å²) in [5.41, 5.74) is 1.61. The third-order valence-corrected chi connectivity index (χ3v) is 3.35. The van der Waals surface area contributed by atoms with Crippen molar-refractivity contribution >= 4 is 11.9 Å². The number of halogens is 4. The normalized spacial score (nSPS) is 11.3. The molecule has 7 heteroatoms. The lowest BCUT2D eigenvalue weighted by molar-refractivity contribution is 0.289. The van der Waals surface area contributed by atoms with E-state index in [0.717, 1.165) is 6.42 Å². The summed E-state index contributed by atoms with van der Waals surface area (Å²) in [5.74, 6) is -4.84. The zero-order valence-corrected chi connectivity index (χ0v) is 13.8. The fourth-order valence-corrected chi connectivity index (χ4v) is 1.91. The van der Waals surface area contributed by atoms with E-state index >= 15 is 0 Å². The van der Waals surface area contributed by atoms with Gasteiger partial charge in [-0.3, -0.25) is 5.43 Å². The average Bonchev–Trinajstić information content (AvgIpc) is 2.57. The molecular weight excluding hydrogens is 336 g/mol. The Bertz CT molecular complexity index is 719. The van der Waals surface area contributed by atoms with Gasteiger partial charge < -0.3 is 4.74 Å². The van der Waals surface area contributed by atoms with Crippen LogP contribution in [0.1, 0.15) is 25.8 Å². The Balaban J connectivity index is 1.99. The number of nitrogens with zero attached hydrogens (tertiary/aromatic N) is 1. The van der Waals surface area contributed by atoms with E-state index < -0.39 is 29.0 Å². The molecule has 0 aliphatic carbocycles. The quantitative estimate of drug-likeness (QED) is 0.324. The van der Waals surface area contributed by atoms with E-state index in [1.807, 2.05) is 5.43 Å². The average molecular weight is 354 g/mol. The van der Waals surface area contributed by atoms with Gasteiger partial charge in [-0.2, -0.15) is 5.10 Å². The molecule has 2 rings (SSSR count). The van der Waals surface area contributed by atoms with Gasteiger partial charge >= 0.3 is 0 Å². The van der Waals surface area contributed by atoms with Crippen molar-refractivity contribution in [2.75, 3.05) is 12.0 Å². The molecule has 2 aromatic carbocycles. The maximum atomic E-state index is 13.5. The molecule has 0 saturated heterocycles. The van der Waals surface area contributed by atoms with Crippen LogP contribution in [0.25, 0.3) is 0 Å². The minimum atomic E-state index is -1.54. The van der Waals surface area contributed by atoms with Crippen molar-refractivity contribution in [3.63, 3.8) is 0 Å². The number of hydrogen-bond acceptors (Lipinski definition) is 3. The molecule has 0 fully saturated rings. The number of hydrogen-bond donors (Lipinski definition) is 1. The first kappa shape index (κ1) is 18.8. The lowest BCUT2D eigenvalue weighted by atomic mass is 10.1. The summed E-state index contributed by atoms with van der Waals surface area (Å²) in [7, 11) is 0. The molecular formula is C18H18F4N2O. The molecule has 0 saturated carbocycles. The largest absolute Gasteiger partial charge is 0.494 e. The minimum absolute atomic E-state index is 0.136. The van der Waals surface area contributed by atoms with E-state index in [9.17, 15) is 17.6 Å². The Morgan fingerprint density at radius 1 is 1.04 bits per heavy atom. The fourth-order valence-electron chi connectivity index (χ4n) is 1.91. The Kier molecular flexibility index (Phi) is 6.38. The fraction of sp³-hybridized carbons (Fsp3) is 0.278. The molecule has 25 heavy (non-hydrogen) atoms. The third-order valence-electron chi connectivity index (χ3n) is 3.35. The van der Waals surface area contributed by atoms with E-state index in [0.29, 0.717) is 23.8 Å². The van der Waals surface area contributed by atoms with Gasteiger partial charge in [0.15, 0.2) is 23.3 Å². The van der Waals surface area contributed by atoms with Crippen LogP contribution in [0.5, 0.6) is 5.75 Å². The molecule has 0 bridgehead atoms. The summed E-state index contributed by atoms with van der Waals surface area (Å²) >= 11 is 0. The maximum absolute atomic E-state index is 13.5. The third kappa shape index (κ3) is 5.20. The van der Waals surface area contributed by atoms with Crippen LogP contribution in [0.15, 0.2) is 35.4 Å². The summed E-state index contributed by atoms with van der Waals surface area (Å²) in [6.45, 7) is 4.81. The number of ether oxygens (including phenoxy) is 1. The van der Waals surface area contributed by atoms with Gasteiger partial charge in [0.25, 0.3) is 0 Å². The Morgan fingerprint density at radius 2 is 1.64 bits per heavy atom. The summed E-state index contributed by atoms with van der Waals surface area (Å²) in [6.07, 6.45) is 2.20. The zero-order valence-electron chi connectivity index (χ0n) is 13.8. The second-order valence-corrected chi connectivity index (χ2v) is 5.81. The summed E-state index contributed by atoms with van der Waals surface area (Å²) in [5, 5.41) is 3.60. The van der Waals surface area contributed by atoms with E-state index in [1.165, 1.54) is 6.21 Å². The molecule has 0 amide bonds. The Morgan fingerprint density at radius 3 is 2.20 bits per heavy atom. The standard InChI is InChI=1S/C18H18F4N2O/c1-11(2)7-8-25-13-5-3-12(4-6-13)10-23-24-18-16(21)14(19)9-15(20)17(18)22/h3-6,9-11,24H,7-8H2,1-2H3. The van der Waals surface area contributed by atoms with E-state index in [1.54, 1.807) is 24.3 Å². The number of nitrogens with one attached hydrogen (secondary N) is 1. The highest BCUT2D eigenvalue weighted by molar-refractivity contribution is 5.80. The van der Waals surface area contributed by atoms with Gasteiger partial charge in [-0.05, 0) is 42.2 Å². The second-order valence-electron chi connectivity index (χ2n) is 5.81. The summed E-state index contributed by atoms with van der Waals surface area (Å²) in [6, 6.07) is 6.97. The zero-order chi connectivity index (χ0) is 18.4. The lowest BCUT2D eigenvalue weighted by Crippen LogP contribution is -2.03. The van der Waals surface area contributed by atoms with Crippen LogP contribution in [0, 0.1) is 29.2 Å². The molecule has 0 radical (unpaired) electrons. The molecule has 0 heterocycles. The van der Waals surface area contributed by atoms with Crippen LogP contribution < -0.4 is 10.2 Å². The van der Waals surface area contributed by atoms with Crippen LogP contribution in [-0.2, 0) is 0 Å². The smallest absolute Gasteiger partial charge is 0.186 e. The Labute approximate surface area is 143 Å². The van der Waals surface area contributed by atoms with Gasteiger partial charge in [0.05, 0.1) is 12.8 Å². The Hall–Kier alpha value is -2.57. The topological polar surface area (TPSA) is 33.6 Å². The number of anilines is 1. The van der Waals surface area contributed by atoms with Crippen molar-refractivity contribution in [2.45, 2.75) is 20.3 Å². The van der Waals surface area contributed by atoms with E-state index in [2.05, 4.69) is 18.9 Å². The first-order chi connectivity index (χ1) is 11.9. The summed E-state index contributed by atoms with van der Waals surface area (Å²) in [4.78, 5) is 0. The predicted octanol–water partition coefficient (Wildman–Crippen LogP) is 5.11. The van der Waals surface area contributed by atoms with Crippen LogP contribution in [0.2, 0.25) is 0 Å². The maximum Gasteiger partial charge on any atom is 0.186 e. The molecule has 1 N–H and O–H groups in total. The van der Waals surface area contributed by atoms with Crippen molar-refractivity contribution < 1.29 is 22.3 Å². The van der Waals surface area contributed by atoms with Crippen LogP contribution in [0.3, 0.4) is 0 Å². The van der Waals surface area contributed by atoms with Crippen LogP contribution >= 0.6 is 0 Å². The highest BCUT2D eigenvalue weighted by Gasteiger charge is 2.18. The van der Waals surface area contributed by atoms with E-state index in [-0.39, 0.29) is 6.07 Å². The highest BCUT2D eigenvalue weighted by Crippen LogP contribution is 2.24. The second kappa shape index (κ2) is 8.50. The first-order valence-corrected chi connectivity index (χ1v) is 7.73. The van der Waals surface area contributed by atoms with Gasteiger partial charge in [0.2, 0.25) is 0 Å². The van der Waals surface area contributed by atoms with Crippen molar-refractivity contribution in [1.29, 1.82) is 0 Å². The van der Waals surface area contributed by atoms with Gasteiger partial charge in [-0.15, -0.1) is 0 Å². The number of hydrazone groups is 1. The molecule has 0 aromatic heterocycles. The lowest BCUT2D eigenvalue weighted by Gasteiger charge is -2.08. The van der Waals surface area contributed by atoms with Crippen molar-refractivity contribution in [3.05, 3.63) is 59.2 Å². The predicted molar refractivity (Wildman–Crippen MR) is 88.9 cm³/mol. The molecule has 0 aliphatic rings. The molecule has 0 aliphatic heterocycles. The SMILES string of the molecule is CC(C)CCOc1ccc(C=NNc2c(F)c(F)cc(F)c2F)cc1. The van der Waals surface area contributed by atoms with Gasteiger partial charge in [-0.1, -0.05) is 13.8 Å². The molecule has 0 atom stereocenters. The number of rotatable bonds is 7. The molecule has 2 aromatic rings. The van der Waals surface area contributed by atoms with Crippen molar-refractivity contribution in [2.24, 2.45) is 11.0 Å². The van der Waals surface area contributed by atoms with Crippen molar-refractivity contribution in [1.82, 2.24) is 0 Å². The van der Waals surface area contributed by atoms with Crippen LogP contribution in [0.4, 0.5) is 23.2 Å². The minimum Gasteiger partial charge on any atom is -0.494 e. The monoisotopic (exact) mass is 354 g/mol. The van der Waals surface area contributed by atoms with Gasteiger partial charge in [0.1, 0.15) is 11.4 Å². The molecule has 0 unspecified atom stereocenters. The number of benzene rings is 2. The highest BCUT2D eigenvalue weighted by atomic mass is 19.2. The van der Waals surface area contributed by atoms with Gasteiger partial charge in [0, 0.05) is 6.07 Å². The first-order valence-electron chi connectivity index (χ1n) is 7.73. The molecule has 134 valence electrons.